The molecule has 112 valence electrons. The molecule has 0 fully saturated rings. The minimum Gasteiger partial charge on any atom is -0.478 e. The van der Waals surface area contributed by atoms with Crippen LogP contribution < -0.4 is 0 Å². The van der Waals surface area contributed by atoms with Gasteiger partial charge in [-0.3, -0.25) is 4.98 Å². The van der Waals surface area contributed by atoms with E-state index in [4.69, 9.17) is 15.3 Å². The quantitative estimate of drug-likeness (QED) is 0.645. The molecule has 0 aliphatic carbocycles. The van der Waals surface area contributed by atoms with E-state index >= 15 is 0 Å². The maximum Gasteiger partial charge on any atom is 0.337 e. The molecule has 9 heteroatoms. The number of carbonyl (C=O) groups is 4. The van der Waals surface area contributed by atoms with Crippen LogP contribution in [0.3, 0.4) is 0 Å². The van der Waals surface area contributed by atoms with Crippen molar-refractivity contribution < 1.29 is 39.6 Å². The number of benzene rings is 1. The molecule has 0 aliphatic rings. The maximum atomic E-state index is 11.3. The SMILES string of the molecule is O=C(O)c1cnc2c(C(=O)O)cc(C(=O)O)c(C(=O)O)c2c1. The molecule has 4 N–H and O–H groups in total. The summed E-state index contributed by atoms with van der Waals surface area (Å²) in [5.74, 6) is -6.21. The molecule has 22 heavy (non-hydrogen) atoms. The Morgan fingerprint density at radius 3 is 1.82 bits per heavy atom. The summed E-state index contributed by atoms with van der Waals surface area (Å²) in [6.07, 6.45) is 0.864. The summed E-state index contributed by atoms with van der Waals surface area (Å²) in [5.41, 5.74) is -2.71. The zero-order valence-electron chi connectivity index (χ0n) is 10.6. The molecule has 0 amide bonds. The zero-order valence-corrected chi connectivity index (χ0v) is 10.6. The van der Waals surface area contributed by atoms with E-state index in [2.05, 4.69) is 4.98 Å². The zero-order chi connectivity index (χ0) is 16.6. The van der Waals surface area contributed by atoms with E-state index < -0.39 is 46.1 Å². The Bertz CT molecular complexity index is 855. The Morgan fingerprint density at radius 1 is 0.773 bits per heavy atom. The van der Waals surface area contributed by atoms with Crippen LogP contribution in [0.4, 0.5) is 0 Å². The fourth-order valence-electron chi connectivity index (χ4n) is 1.98. The lowest BCUT2D eigenvalue weighted by Gasteiger charge is -2.09. The molecule has 0 atom stereocenters. The smallest absolute Gasteiger partial charge is 0.337 e. The topological polar surface area (TPSA) is 162 Å². The Labute approximate surface area is 121 Å². The van der Waals surface area contributed by atoms with Gasteiger partial charge in [0.2, 0.25) is 0 Å². The lowest BCUT2D eigenvalue weighted by atomic mass is 9.96. The summed E-state index contributed by atoms with van der Waals surface area (Å²) >= 11 is 0. The summed E-state index contributed by atoms with van der Waals surface area (Å²) in [4.78, 5) is 48.3. The molecule has 1 aromatic heterocycles. The van der Waals surface area contributed by atoms with Gasteiger partial charge < -0.3 is 20.4 Å². The number of carboxylic acid groups (broad SMARTS) is 4. The monoisotopic (exact) mass is 305 g/mol. The van der Waals surface area contributed by atoms with Crippen molar-refractivity contribution in [2.24, 2.45) is 0 Å². The van der Waals surface area contributed by atoms with Crippen molar-refractivity contribution in [3.63, 3.8) is 0 Å². The van der Waals surface area contributed by atoms with Crippen LogP contribution in [0.1, 0.15) is 41.4 Å². The standard InChI is InChI=1S/C13H7NO8/c15-10(16)4-1-5-8(13(21)22)6(11(17)18)2-7(12(19)20)9(5)14-3-4/h1-3H,(H,15,16)(H,17,18)(H,19,20)(H,21,22). The third-order valence-electron chi connectivity index (χ3n) is 2.89. The van der Waals surface area contributed by atoms with E-state index in [0.717, 1.165) is 12.3 Å². The van der Waals surface area contributed by atoms with Crippen molar-refractivity contribution >= 4 is 34.8 Å². The van der Waals surface area contributed by atoms with Crippen LogP contribution in [0.25, 0.3) is 10.9 Å². The average molecular weight is 305 g/mol. The summed E-state index contributed by atoms with van der Waals surface area (Å²) < 4.78 is 0. The molecule has 0 saturated carbocycles. The lowest BCUT2D eigenvalue weighted by Crippen LogP contribution is -2.13. The van der Waals surface area contributed by atoms with Crippen molar-refractivity contribution in [2.75, 3.05) is 0 Å². The normalized spacial score (nSPS) is 10.4. The highest BCUT2D eigenvalue weighted by molar-refractivity contribution is 6.16. The summed E-state index contributed by atoms with van der Waals surface area (Å²) in [6.45, 7) is 0. The maximum absolute atomic E-state index is 11.3. The predicted molar refractivity (Wildman–Crippen MR) is 69.6 cm³/mol. The Balaban J connectivity index is 3.06. The van der Waals surface area contributed by atoms with Gasteiger partial charge in [0.25, 0.3) is 0 Å². The molecule has 1 heterocycles. The summed E-state index contributed by atoms with van der Waals surface area (Å²) in [5, 5.41) is 35.9. The van der Waals surface area contributed by atoms with Gasteiger partial charge in [-0.25, -0.2) is 19.2 Å². The minimum atomic E-state index is -1.65. The number of nitrogens with zero attached hydrogens (tertiary/aromatic N) is 1. The van der Waals surface area contributed by atoms with Gasteiger partial charge in [-0.2, -0.15) is 0 Å². The minimum absolute atomic E-state index is 0.306. The van der Waals surface area contributed by atoms with Crippen molar-refractivity contribution in [3.8, 4) is 0 Å². The van der Waals surface area contributed by atoms with Crippen LogP contribution in [0.2, 0.25) is 0 Å². The van der Waals surface area contributed by atoms with E-state index in [9.17, 15) is 24.3 Å². The van der Waals surface area contributed by atoms with Crippen molar-refractivity contribution in [1.29, 1.82) is 0 Å². The molecular formula is C13H7NO8. The highest BCUT2D eigenvalue weighted by Crippen LogP contribution is 2.26. The number of fused-ring (bicyclic) bond motifs is 1. The fourth-order valence-corrected chi connectivity index (χ4v) is 1.98. The van der Waals surface area contributed by atoms with Crippen LogP contribution in [0.15, 0.2) is 18.3 Å². The Morgan fingerprint density at radius 2 is 1.36 bits per heavy atom. The van der Waals surface area contributed by atoms with E-state index in [1.54, 1.807) is 0 Å². The average Bonchev–Trinajstić information content (AvgIpc) is 2.43. The van der Waals surface area contributed by atoms with E-state index in [-0.39, 0.29) is 10.9 Å². The highest BCUT2D eigenvalue weighted by atomic mass is 16.4. The van der Waals surface area contributed by atoms with Gasteiger partial charge in [0.1, 0.15) is 0 Å². The highest BCUT2D eigenvalue weighted by Gasteiger charge is 2.25. The molecule has 0 bridgehead atoms. The fraction of sp³-hybridized carbons (Fsp3) is 0. The van der Waals surface area contributed by atoms with Gasteiger partial charge in [0, 0.05) is 11.6 Å². The second kappa shape index (κ2) is 5.13. The Kier molecular flexibility index (Phi) is 3.47. The number of hydrogen-bond acceptors (Lipinski definition) is 5. The number of carboxylic acids is 4. The van der Waals surface area contributed by atoms with Crippen LogP contribution in [-0.4, -0.2) is 49.3 Å². The van der Waals surface area contributed by atoms with E-state index in [1.165, 1.54) is 0 Å². The number of rotatable bonds is 4. The van der Waals surface area contributed by atoms with Crippen LogP contribution in [0, 0.1) is 0 Å². The first-order valence-corrected chi connectivity index (χ1v) is 5.64. The Hall–Kier alpha value is -3.49. The molecule has 0 spiro atoms. The van der Waals surface area contributed by atoms with Crippen LogP contribution >= 0.6 is 0 Å². The molecule has 0 radical (unpaired) electrons. The van der Waals surface area contributed by atoms with Crippen molar-refractivity contribution in [1.82, 2.24) is 4.98 Å². The molecule has 1 aromatic carbocycles. The van der Waals surface area contributed by atoms with Gasteiger partial charge >= 0.3 is 23.9 Å². The van der Waals surface area contributed by atoms with Crippen LogP contribution in [-0.2, 0) is 0 Å². The first kappa shape index (κ1) is 14.9. The summed E-state index contributed by atoms with van der Waals surface area (Å²) in [7, 11) is 0. The van der Waals surface area contributed by atoms with Crippen molar-refractivity contribution in [2.45, 2.75) is 0 Å². The third kappa shape index (κ3) is 2.30. The summed E-state index contributed by atoms with van der Waals surface area (Å²) in [6, 6.07) is 1.57. The van der Waals surface area contributed by atoms with Crippen molar-refractivity contribution in [3.05, 3.63) is 40.6 Å². The molecule has 9 nitrogen and oxygen atoms in total. The largest absolute Gasteiger partial charge is 0.478 e. The second-order valence-electron chi connectivity index (χ2n) is 4.19. The molecule has 2 rings (SSSR count). The molecule has 2 aromatic rings. The second-order valence-corrected chi connectivity index (χ2v) is 4.19. The molecule has 0 unspecified atom stereocenters. The van der Waals surface area contributed by atoms with E-state index in [0.29, 0.717) is 6.07 Å². The number of pyridine rings is 1. The van der Waals surface area contributed by atoms with Gasteiger partial charge in [-0.15, -0.1) is 0 Å². The van der Waals surface area contributed by atoms with E-state index in [1.807, 2.05) is 0 Å². The van der Waals surface area contributed by atoms with Crippen LogP contribution in [0.5, 0.6) is 0 Å². The lowest BCUT2D eigenvalue weighted by molar-refractivity contribution is 0.0651. The van der Waals surface area contributed by atoms with Gasteiger partial charge in [0.05, 0.1) is 27.8 Å². The van der Waals surface area contributed by atoms with Gasteiger partial charge in [-0.05, 0) is 12.1 Å². The predicted octanol–water partition coefficient (Wildman–Crippen LogP) is 1.03. The first-order chi connectivity index (χ1) is 10.2. The number of aromatic nitrogens is 1. The number of hydrogen-bond donors (Lipinski definition) is 4. The van der Waals surface area contributed by atoms with Gasteiger partial charge in [0.15, 0.2) is 0 Å². The molecular weight excluding hydrogens is 298 g/mol. The number of aromatic carboxylic acids is 4. The third-order valence-corrected chi connectivity index (χ3v) is 2.89. The molecule has 0 saturated heterocycles. The molecule has 0 aliphatic heterocycles. The first-order valence-electron chi connectivity index (χ1n) is 5.64. The van der Waals surface area contributed by atoms with Gasteiger partial charge in [-0.1, -0.05) is 0 Å².